The van der Waals surface area contributed by atoms with E-state index in [0.717, 1.165) is 33.8 Å². The van der Waals surface area contributed by atoms with Gasteiger partial charge in [0, 0.05) is 53.3 Å². The molecule has 0 fully saturated rings. The molecule has 3 heterocycles. The van der Waals surface area contributed by atoms with Gasteiger partial charge in [-0.3, -0.25) is 0 Å². The molecule has 0 N–H and O–H groups in total. The molecule has 0 radical (unpaired) electrons. The zero-order chi connectivity index (χ0) is 37.9. The summed E-state index contributed by atoms with van der Waals surface area (Å²) in [5.74, 6) is 0.714. The van der Waals surface area contributed by atoms with Gasteiger partial charge in [-0.25, -0.2) is 9.97 Å². The molecule has 13 aromatic rings. The Morgan fingerprint density at radius 1 is 0.379 bits per heavy atom. The highest BCUT2D eigenvalue weighted by Crippen LogP contribution is 2.46. The molecular weight excluding hydrogens is 723 g/mol. The fraction of sp³-hybridized carbons (Fsp3) is 0. The number of benzene rings is 10. The van der Waals surface area contributed by atoms with Gasteiger partial charge in [0.15, 0.2) is 5.82 Å². The van der Waals surface area contributed by atoms with Gasteiger partial charge in [-0.05, 0) is 85.6 Å². The quantitative estimate of drug-likeness (QED) is 0.168. The van der Waals surface area contributed by atoms with Crippen LogP contribution in [-0.4, -0.2) is 14.5 Å². The normalized spacial score (nSPS) is 12.1. The second-order valence-electron chi connectivity index (χ2n) is 15.3. The Kier molecular flexibility index (Phi) is 6.60. The van der Waals surface area contributed by atoms with Crippen molar-refractivity contribution in [3.8, 4) is 39.6 Å². The van der Waals surface area contributed by atoms with Crippen LogP contribution in [0.2, 0.25) is 0 Å². The minimum Gasteiger partial charge on any atom is -0.309 e. The number of hydrogen-bond acceptors (Lipinski definition) is 3. The Labute approximate surface area is 337 Å². The zero-order valence-electron chi connectivity index (χ0n) is 31.1. The number of aromatic nitrogens is 3. The van der Waals surface area contributed by atoms with Crippen LogP contribution in [0.25, 0.3) is 125 Å². The summed E-state index contributed by atoms with van der Waals surface area (Å²) in [7, 11) is 0. The lowest BCUT2D eigenvalue weighted by Crippen LogP contribution is -1.99. The third-order valence-electron chi connectivity index (χ3n) is 12.1. The SMILES string of the molecule is c1ccc(-c2cc(-c3ccc4ccccc4c3)nc(-c3cc(-n4c5ccccc5c5c6ccc7cccc8ccc(cc54)c6c87)cc4c3sc3ccccc34)n2)cc1. The van der Waals surface area contributed by atoms with Crippen LogP contribution >= 0.6 is 11.3 Å². The first kappa shape index (κ1) is 31.8. The van der Waals surface area contributed by atoms with Crippen LogP contribution in [0.5, 0.6) is 0 Å². The molecule has 0 atom stereocenters. The van der Waals surface area contributed by atoms with Gasteiger partial charge in [-0.2, -0.15) is 0 Å². The van der Waals surface area contributed by atoms with Crippen LogP contribution in [0.1, 0.15) is 0 Å². The van der Waals surface area contributed by atoms with E-state index < -0.39 is 0 Å². The van der Waals surface area contributed by atoms with E-state index in [1.807, 2.05) is 11.3 Å². The van der Waals surface area contributed by atoms with E-state index in [2.05, 4.69) is 193 Å². The molecule has 0 unspecified atom stereocenters. The highest BCUT2D eigenvalue weighted by Gasteiger charge is 2.22. The Hall–Kier alpha value is -7.40. The highest BCUT2D eigenvalue weighted by atomic mass is 32.1. The van der Waals surface area contributed by atoms with Crippen LogP contribution in [0.3, 0.4) is 0 Å². The van der Waals surface area contributed by atoms with Crippen molar-refractivity contribution < 1.29 is 0 Å². The second-order valence-corrected chi connectivity index (χ2v) is 16.4. The van der Waals surface area contributed by atoms with Crippen molar-refractivity contribution in [3.63, 3.8) is 0 Å². The number of thiophene rings is 1. The molecule has 0 aliphatic heterocycles. The van der Waals surface area contributed by atoms with Crippen LogP contribution in [-0.2, 0) is 0 Å². The number of para-hydroxylation sites is 1. The number of rotatable bonds is 4. The van der Waals surface area contributed by atoms with Crippen molar-refractivity contribution in [1.82, 2.24) is 14.5 Å². The molecule has 0 saturated heterocycles. The minimum absolute atomic E-state index is 0.714. The highest BCUT2D eigenvalue weighted by molar-refractivity contribution is 7.26. The average molecular weight is 754 g/mol. The number of nitrogens with zero attached hydrogens (tertiary/aromatic N) is 3. The van der Waals surface area contributed by atoms with E-state index in [0.29, 0.717) is 5.82 Å². The van der Waals surface area contributed by atoms with E-state index in [-0.39, 0.29) is 0 Å². The Morgan fingerprint density at radius 2 is 1.07 bits per heavy atom. The van der Waals surface area contributed by atoms with Crippen LogP contribution in [0, 0.1) is 0 Å². The number of hydrogen-bond donors (Lipinski definition) is 0. The van der Waals surface area contributed by atoms with Gasteiger partial charge in [-0.1, -0.05) is 146 Å². The van der Waals surface area contributed by atoms with Crippen molar-refractivity contribution in [1.29, 1.82) is 0 Å². The first-order valence-corrected chi connectivity index (χ1v) is 20.5. The van der Waals surface area contributed by atoms with E-state index >= 15 is 0 Å². The third kappa shape index (κ3) is 4.61. The van der Waals surface area contributed by atoms with Crippen LogP contribution < -0.4 is 0 Å². The van der Waals surface area contributed by atoms with Crippen molar-refractivity contribution in [2.24, 2.45) is 0 Å². The fourth-order valence-corrected chi connectivity index (χ4v) is 10.7. The summed E-state index contributed by atoms with van der Waals surface area (Å²) < 4.78 is 4.90. The molecular formula is C54H31N3S. The van der Waals surface area contributed by atoms with Crippen molar-refractivity contribution in [3.05, 3.63) is 188 Å². The van der Waals surface area contributed by atoms with Gasteiger partial charge in [0.2, 0.25) is 0 Å². The molecule has 0 aliphatic carbocycles. The molecule has 3 aromatic heterocycles. The lowest BCUT2D eigenvalue weighted by atomic mass is 9.92. The monoisotopic (exact) mass is 753 g/mol. The van der Waals surface area contributed by atoms with Crippen molar-refractivity contribution >= 4 is 96.4 Å². The van der Waals surface area contributed by atoms with Gasteiger partial charge in [0.1, 0.15) is 0 Å². The molecule has 0 bridgehead atoms. The molecule has 0 spiro atoms. The third-order valence-corrected chi connectivity index (χ3v) is 13.3. The van der Waals surface area contributed by atoms with Crippen molar-refractivity contribution in [2.75, 3.05) is 0 Å². The molecule has 10 aromatic carbocycles. The average Bonchev–Trinajstić information content (AvgIpc) is 3.83. The maximum Gasteiger partial charge on any atom is 0.161 e. The maximum atomic E-state index is 5.45. The summed E-state index contributed by atoms with van der Waals surface area (Å²) in [6, 6.07) is 68.4. The molecule has 13 rings (SSSR count). The predicted octanol–water partition coefficient (Wildman–Crippen LogP) is 15.0. The summed E-state index contributed by atoms with van der Waals surface area (Å²) in [6.45, 7) is 0. The first-order valence-electron chi connectivity index (χ1n) is 19.7. The Bertz CT molecular complexity index is 3780. The first-order chi connectivity index (χ1) is 28.7. The molecule has 3 nitrogen and oxygen atoms in total. The van der Waals surface area contributed by atoms with Gasteiger partial charge in [0.25, 0.3) is 0 Å². The molecule has 0 amide bonds. The smallest absolute Gasteiger partial charge is 0.161 e. The summed E-state index contributed by atoms with van der Waals surface area (Å²) in [5, 5.41) is 15.1. The zero-order valence-corrected chi connectivity index (χ0v) is 32.0. The van der Waals surface area contributed by atoms with Gasteiger partial charge in [0.05, 0.1) is 22.4 Å². The maximum absolute atomic E-state index is 5.45. The summed E-state index contributed by atoms with van der Waals surface area (Å²) in [6.07, 6.45) is 0. The summed E-state index contributed by atoms with van der Waals surface area (Å²) >= 11 is 1.82. The lowest BCUT2D eigenvalue weighted by Gasteiger charge is -2.15. The van der Waals surface area contributed by atoms with Crippen LogP contribution in [0.4, 0.5) is 0 Å². The van der Waals surface area contributed by atoms with Crippen LogP contribution in [0.15, 0.2) is 188 Å². The van der Waals surface area contributed by atoms with Gasteiger partial charge < -0.3 is 4.57 Å². The molecule has 4 heteroatoms. The van der Waals surface area contributed by atoms with E-state index in [1.54, 1.807) is 0 Å². The lowest BCUT2D eigenvalue weighted by molar-refractivity contribution is 1.17. The molecule has 0 aliphatic rings. The van der Waals surface area contributed by atoms with E-state index in [4.69, 9.17) is 9.97 Å². The van der Waals surface area contributed by atoms with Gasteiger partial charge >= 0.3 is 0 Å². The minimum atomic E-state index is 0.714. The molecule has 0 saturated carbocycles. The van der Waals surface area contributed by atoms with Gasteiger partial charge in [-0.15, -0.1) is 11.3 Å². The Morgan fingerprint density at radius 3 is 1.95 bits per heavy atom. The topological polar surface area (TPSA) is 30.7 Å². The summed E-state index contributed by atoms with van der Waals surface area (Å²) in [4.78, 5) is 10.9. The van der Waals surface area contributed by atoms with E-state index in [1.165, 1.54) is 85.1 Å². The standard InChI is InChI=1S/C54H31N3S/c1-2-12-33(13-3-1)45-31-46(37-23-21-32-11-4-5-14-36(32)27-37)56-54(55-45)44-30-39(29-43-40-17-7-9-20-49(40)58-53(43)44)57-47-19-8-6-18-41(47)52-42-26-25-35-16-10-15-34-22-24-38(28-48(52)57)51(42)50(34)35/h1-31H. The largest absolute Gasteiger partial charge is 0.309 e. The fourth-order valence-electron chi connectivity index (χ4n) is 9.47. The predicted molar refractivity (Wildman–Crippen MR) is 247 cm³/mol. The molecule has 268 valence electrons. The number of fused-ring (bicyclic) bond motifs is 8. The van der Waals surface area contributed by atoms with E-state index in [9.17, 15) is 0 Å². The van der Waals surface area contributed by atoms with Crippen molar-refractivity contribution in [2.45, 2.75) is 0 Å². The summed E-state index contributed by atoms with van der Waals surface area (Å²) in [5.41, 5.74) is 8.40. The Balaban J connectivity index is 1.14. The second kappa shape index (κ2) is 12.1. The molecule has 58 heavy (non-hydrogen) atoms.